The zero-order valence-corrected chi connectivity index (χ0v) is 34.0. The first-order chi connectivity index (χ1) is 31.1. The van der Waals surface area contributed by atoms with Crippen molar-refractivity contribution >= 4 is 21.9 Å². The summed E-state index contributed by atoms with van der Waals surface area (Å²) in [5, 5.41) is 11.8. The van der Waals surface area contributed by atoms with E-state index in [1.54, 1.807) is 0 Å². The second-order valence-electron chi connectivity index (χ2n) is 15.5. The molecule has 9 aromatic carbocycles. The lowest BCUT2D eigenvalue weighted by atomic mass is 9.96. The maximum Gasteiger partial charge on any atom is 0.164 e. The first-order valence-electron chi connectivity index (χ1n) is 20.9. The predicted octanol–water partition coefficient (Wildman–Crippen LogP) is 15.0. The Morgan fingerprint density at radius 1 is 0.317 bits per heavy atom. The number of fused-ring (bicyclic) bond motifs is 3. The molecule has 5 nitrogen and oxygen atoms in total. The smallest absolute Gasteiger partial charge is 0.164 e. The molecule has 0 unspecified atom stereocenters. The van der Waals surface area contributed by atoms with Crippen LogP contribution in [0.25, 0.3) is 112 Å². The number of benzene rings is 9. The van der Waals surface area contributed by atoms with Gasteiger partial charge >= 0.3 is 0 Å². The fourth-order valence-corrected chi connectivity index (χ4v) is 8.44. The van der Waals surface area contributed by atoms with Crippen LogP contribution in [-0.2, 0) is 0 Å². The summed E-state index contributed by atoms with van der Waals surface area (Å²) < 4.78 is 6.60. The van der Waals surface area contributed by atoms with Gasteiger partial charge in [0.2, 0.25) is 0 Å². The first-order valence-corrected chi connectivity index (χ1v) is 20.9. The molecule has 0 atom stereocenters. The summed E-state index contributed by atoms with van der Waals surface area (Å²) >= 11 is 0. The van der Waals surface area contributed by atoms with E-state index in [2.05, 4.69) is 133 Å². The van der Waals surface area contributed by atoms with Gasteiger partial charge in [0.25, 0.3) is 0 Å². The molecule has 0 saturated carbocycles. The van der Waals surface area contributed by atoms with Gasteiger partial charge in [-0.15, -0.1) is 0 Å². The third-order valence-corrected chi connectivity index (χ3v) is 11.6. The van der Waals surface area contributed by atoms with Crippen molar-refractivity contribution in [3.8, 4) is 95.9 Å². The first kappa shape index (κ1) is 37.3. The van der Waals surface area contributed by atoms with Crippen molar-refractivity contribution in [1.29, 1.82) is 5.26 Å². The van der Waals surface area contributed by atoms with E-state index < -0.39 is 0 Å². The quantitative estimate of drug-likeness (QED) is 0.153. The van der Waals surface area contributed by atoms with Crippen LogP contribution in [0.5, 0.6) is 0 Å². The molecule has 0 spiro atoms. The maximum atomic E-state index is 9.74. The highest BCUT2D eigenvalue weighted by Crippen LogP contribution is 2.40. The SMILES string of the molecule is N#Cc1cccc(-c2ccccc2-c2nc(-c3cccc(-c4ccc(-c5ccccc5)cc4)c3)nc(-c3ccc4c(c3)oc3cccc(-c5ccc(-c6ccccc6)cc5)c34)n2)c1. The van der Waals surface area contributed by atoms with Crippen molar-refractivity contribution in [3.63, 3.8) is 0 Å². The van der Waals surface area contributed by atoms with Crippen LogP contribution < -0.4 is 0 Å². The Kier molecular flexibility index (Phi) is 9.50. The Balaban J connectivity index is 1.03. The lowest BCUT2D eigenvalue weighted by Crippen LogP contribution is -2.01. The summed E-state index contributed by atoms with van der Waals surface area (Å²) in [6, 6.07) is 76.9. The van der Waals surface area contributed by atoms with Gasteiger partial charge in [-0.2, -0.15) is 5.26 Å². The van der Waals surface area contributed by atoms with Crippen molar-refractivity contribution < 1.29 is 4.42 Å². The molecule has 294 valence electrons. The van der Waals surface area contributed by atoms with Crippen LogP contribution in [0.15, 0.2) is 223 Å². The molecule has 0 saturated heterocycles. The third-order valence-electron chi connectivity index (χ3n) is 11.6. The molecule has 11 aromatic rings. The molecule has 0 N–H and O–H groups in total. The topological polar surface area (TPSA) is 75.6 Å². The molecule has 0 fully saturated rings. The predicted molar refractivity (Wildman–Crippen MR) is 255 cm³/mol. The molecule has 11 rings (SSSR count). The van der Waals surface area contributed by atoms with Crippen LogP contribution in [0.1, 0.15) is 5.56 Å². The largest absolute Gasteiger partial charge is 0.456 e. The number of nitrogens with zero attached hydrogens (tertiary/aromatic N) is 4. The summed E-state index contributed by atoms with van der Waals surface area (Å²) in [5.74, 6) is 1.59. The molecule has 0 bridgehead atoms. The fourth-order valence-electron chi connectivity index (χ4n) is 8.44. The highest BCUT2D eigenvalue weighted by molar-refractivity contribution is 6.13. The normalized spacial score (nSPS) is 11.2. The molecule has 5 heteroatoms. The van der Waals surface area contributed by atoms with Crippen molar-refractivity contribution in [2.45, 2.75) is 0 Å². The average Bonchev–Trinajstić information content (AvgIpc) is 3.75. The zero-order valence-electron chi connectivity index (χ0n) is 34.0. The number of hydrogen-bond acceptors (Lipinski definition) is 5. The number of furan rings is 1. The number of aromatic nitrogens is 3. The van der Waals surface area contributed by atoms with E-state index in [0.717, 1.165) is 77.6 Å². The fraction of sp³-hybridized carbons (Fsp3) is 0. The highest BCUT2D eigenvalue weighted by Gasteiger charge is 2.19. The number of nitriles is 1. The van der Waals surface area contributed by atoms with E-state index in [1.165, 1.54) is 16.7 Å². The Bertz CT molecular complexity index is 3500. The van der Waals surface area contributed by atoms with Crippen LogP contribution in [-0.4, -0.2) is 15.0 Å². The van der Waals surface area contributed by atoms with E-state index in [-0.39, 0.29) is 0 Å². The highest BCUT2D eigenvalue weighted by atomic mass is 16.3. The molecular weight excluding hydrogens is 769 g/mol. The van der Waals surface area contributed by atoms with E-state index in [4.69, 9.17) is 19.4 Å². The minimum absolute atomic E-state index is 0.521. The van der Waals surface area contributed by atoms with Gasteiger partial charge in [-0.3, -0.25) is 0 Å². The Morgan fingerprint density at radius 2 is 0.794 bits per heavy atom. The summed E-state index contributed by atoms with van der Waals surface area (Å²) in [7, 11) is 0. The van der Waals surface area contributed by atoms with Crippen LogP contribution in [0.2, 0.25) is 0 Å². The van der Waals surface area contributed by atoms with Gasteiger partial charge in [0, 0.05) is 27.5 Å². The molecule has 0 radical (unpaired) electrons. The van der Waals surface area contributed by atoms with Crippen LogP contribution in [0.4, 0.5) is 0 Å². The second kappa shape index (κ2) is 16.0. The third kappa shape index (κ3) is 7.22. The average molecular weight is 805 g/mol. The zero-order chi connectivity index (χ0) is 42.1. The molecule has 0 aliphatic carbocycles. The van der Waals surface area contributed by atoms with Gasteiger partial charge in [0.1, 0.15) is 11.2 Å². The van der Waals surface area contributed by atoms with E-state index in [1.807, 2.05) is 91.0 Å². The van der Waals surface area contributed by atoms with Crippen LogP contribution >= 0.6 is 0 Å². The van der Waals surface area contributed by atoms with Crippen molar-refractivity contribution in [3.05, 3.63) is 224 Å². The Labute approximate surface area is 364 Å². The summed E-state index contributed by atoms with van der Waals surface area (Å²) in [5.41, 5.74) is 15.5. The summed E-state index contributed by atoms with van der Waals surface area (Å²) in [4.78, 5) is 15.5. The molecule has 63 heavy (non-hydrogen) atoms. The summed E-state index contributed by atoms with van der Waals surface area (Å²) in [6.07, 6.45) is 0. The van der Waals surface area contributed by atoms with E-state index in [0.29, 0.717) is 23.0 Å². The van der Waals surface area contributed by atoms with E-state index >= 15 is 0 Å². The Hall–Kier alpha value is -8.72. The standard InChI is InChI=1S/C58H36N4O/c59-37-38-12-9-18-46(34-38)49-20-7-8-21-51(49)58-61-56(47-19-10-17-45(35-47)43-26-24-41(25-27-43)39-13-3-1-4-14-39)60-57(62-58)48-32-33-52-54(36-48)63-53-23-11-22-50(55(52)53)44-30-28-42(29-31-44)40-15-5-2-6-16-40/h1-36H. The minimum atomic E-state index is 0.521. The second-order valence-corrected chi connectivity index (χ2v) is 15.5. The maximum absolute atomic E-state index is 9.74. The molecule has 0 amide bonds. The van der Waals surface area contributed by atoms with Gasteiger partial charge in [-0.25, -0.2) is 15.0 Å². The van der Waals surface area contributed by atoms with Gasteiger partial charge in [-0.05, 0) is 92.0 Å². The number of rotatable bonds is 8. The van der Waals surface area contributed by atoms with Crippen molar-refractivity contribution in [2.24, 2.45) is 0 Å². The lowest BCUT2D eigenvalue weighted by Gasteiger charge is -2.13. The minimum Gasteiger partial charge on any atom is -0.456 e. The molecule has 0 aliphatic heterocycles. The monoisotopic (exact) mass is 804 g/mol. The van der Waals surface area contributed by atoms with Crippen LogP contribution in [0.3, 0.4) is 0 Å². The van der Waals surface area contributed by atoms with Crippen LogP contribution in [0, 0.1) is 11.3 Å². The van der Waals surface area contributed by atoms with Crippen molar-refractivity contribution in [2.75, 3.05) is 0 Å². The van der Waals surface area contributed by atoms with Gasteiger partial charge in [0.05, 0.1) is 11.6 Å². The lowest BCUT2D eigenvalue weighted by molar-refractivity contribution is 0.669. The van der Waals surface area contributed by atoms with Gasteiger partial charge in [0.15, 0.2) is 17.5 Å². The molecule has 0 aliphatic rings. The Morgan fingerprint density at radius 3 is 1.48 bits per heavy atom. The summed E-state index contributed by atoms with van der Waals surface area (Å²) in [6.45, 7) is 0. The molecule has 2 heterocycles. The van der Waals surface area contributed by atoms with Gasteiger partial charge in [-0.1, -0.05) is 182 Å². The molecule has 2 aromatic heterocycles. The molecular formula is C58H36N4O. The van der Waals surface area contributed by atoms with E-state index in [9.17, 15) is 5.26 Å². The van der Waals surface area contributed by atoms with Gasteiger partial charge < -0.3 is 4.42 Å². The number of hydrogen-bond donors (Lipinski definition) is 0. The van der Waals surface area contributed by atoms with Crippen molar-refractivity contribution in [1.82, 2.24) is 15.0 Å².